The third-order valence-electron chi connectivity index (χ3n) is 12.7. The van der Waals surface area contributed by atoms with Gasteiger partial charge in [-0.05, 0) is 36.8 Å². The van der Waals surface area contributed by atoms with Gasteiger partial charge in [0.25, 0.3) is 5.91 Å². The number of anilines is 1. The van der Waals surface area contributed by atoms with Gasteiger partial charge in [-0.25, -0.2) is 22.7 Å². The lowest BCUT2D eigenvalue weighted by atomic mass is 9.77. The summed E-state index contributed by atoms with van der Waals surface area (Å²) in [5, 5.41) is 3.62. The number of carbonyl (C=O) groups is 4. The number of fused-ring (bicyclic) bond motifs is 1. The topological polar surface area (TPSA) is 185 Å². The molecule has 2 aromatic heterocycles. The fourth-order valence-corrected chi connectivity index (χ4v) is 9.66. The number of piperazine rings is 1. The second kappa shape index (κ2) is 17.6. The maximum Gasteiger partial charge on any atom is 0.262 e. The maximum absolute atomic E-state index is 15.1. The Hall–Kier alpha value is -6.10. The lowest BCUT2D eigenvalue weighted by Gasteiger charge is -2.38. The van der Waals surface area contributed by atoms with Gasteiger partial charge in [0.05, 0.1) is 37.0 Å². The summed E-state index contributed by atoms with van der Waals surface area (Å²) in [7, 11) is -1.67. The molecule has 2 saturated heterocycles. The van der Waals surface area contributed by atoms with Gasteiger partial charge in [0.15, 0.2) is 0 Å². The zero-order valence-corrected chi connectivity index (χ0v) is 36.9. The van der Waals surface area contributed by atoms with Crippen molar-refractivity contribution >= 4 is 51.2 Å². The lowest BCUT2D eigenvalue weighted by Crippen LogP contribution is -2.57. The number of nitrogens with zero attached hydrogens (tertiary/aromatic N) is 7. The van der Waals surface area contributed by atoms with Crippen LogP contribution in [-0.4, -0.2) is 125 Å². The molecule has 4 heterocycles. The number of nitrogens with one attached hydrogen (secondary N) is 1. The van der Waals surface area contributed by atoms with Gasteiger partial charge in [0.1, 0.15) is 35.0 Å². The number of methoxy groups -OCH3 is 1. The molecule has 2 aliphatic heterocycles. The molecule has 4 aliphatic rings. The van der Waals surface area contributed by atoms with Gasteiger partial charge in [0.2, 0.25) is 28.6 Å². The first kappa shape index (κ1) is 43.5. The van der Waals surface area contributed by atoms with E-state index in [-0.39, 0.29) is 31.7 Å². The van der Waals surface area contributed by atoms with Crippen molar-refractivity contribution in [3.63, 3.8) is 0 Å². The molecular weight excluding hydrogens is 825 g/mol. The number of benzene rings is 2. The minimum atomic E-state index is -3.25. The monoisotopic (exact) mass is 878 g/mol. The highest BCUT2D eigenvalue weighted by Crippen LogP contribution is 2.48. The van der Waals surface area contributed by atoms with Crippen LogP contribution < -0.4 is 19.7 Å². The van der Waals surface area contributed by atoms with Gasteiger partial charge in [-0.1, -0.05) is 57.2 Å². The first-order valence-corrected chi connectivity index (χ1v) is 22.6. The average molecular weight is 879 g/mol. The maximum atomic E-state index is 15.1. The van der Waals surface area contributed by atoms with E-state index in [1.807, 2.05) is 75.4 Å². The quantitative estimate of drug-likeness (QED) is 0.137. The largest absolute Gasteiger partial charge is 0.497 e. The van der Waals surface area contributed by atoms with Gasteiger partial charge in [-0.15, -0.1) is 6.58 Å². The Balaban J connectivity index is 1.09. The number of ether oxygens (including phenoxy) is 2. The molecule has 8 rings (SSSR count). The van der Waals surface area contributed by atoms with E-state index in [1.54, 1.807) is 36.7 Å². The number of hydrogen-bond donors (Lipinski definition) is 2. The Bertz CT molecular complexity index is 2460. The summed E-state index contributed by atoms with van der Waals surface area (Å²) in [5.74, 6) is -1.39. The van der Waals surface area contributed by atoms with Crippen molar-refractivity contribution in [3.05, 3.63) is 85.8 Å². The van der Waals surface area contributed by atoms with E-state index in [4.69, 9.17) is 14.5 Å². The Morgan fingerprint density at radius 3 is 2.40 bits per heavy atom. The Morgan fingerprint density at radius 2 is 1.78 bits per heavy atom. The number of hydrogen-bond acceptors (Lipinski definition) is 12. The highest BCUT2D eigenvalue weighted by atomic mass is 32.2. The molecule has 4 amide bonds. The molecular formula is C46H54N8O8S. The van der Waals surface area contributed by atoms with Crippen molar-refractivity contribution in [1.29, 1.82) is 0 Å². The summed E-state index contributed by atoms with van der Waals surface area (Å²) in [6.07, 6.45) is 7.01. The number of thiol groups is 1. The highest BCUT2D eigenvalue weighted by molar-refractivity contribution is 7.70. The van der Waals surface area contributed by atoms with Crippen molar-refractivity contribution in [2.24, 2.45) is 17.3 Å². The van der Waals surface area contributed by atoms with E-state index in [0.717, 1.165) is 15.7 Å². The predicted molar refractivity (Wildman–Crippen MR) is 236 cm³/mol. The van der Waals surface area contributed by atoms with Crippen LogP contribution in [0.5, 0.6) is 11.5 Å². The number of carbonyl (C=O) groups excluding carboxylic acids is 4. The van der Waals surface area contributed by atoms with Crippen molar-refractivity contribution < 1.29 is 37.1 Å². The third kappa shape index (κ3) is 9.06. The Morgan fingerprint density at radius 1 is 1.03 bits per heavy atom. The van der Waals surface area contributed by atoms with E-state index >= 15 is 4.79 Å². The van der Waals surface area contributed by atoms with Crippen LogP contribution >= 0.6 is 0 Å². The molecule has 0 radical (unpaired) electrons. The van der Waals surface area contributed by atoms with E-state index in [9.17, 15) is 22.8 Å². The summed E-state index contributed by atoms with van der Waals surface area (Å²) in [4.78, 5) is 76.7. The van der Waals surface area contributed by atoms with Gasteiger partial charge in [-0.3, -0.25) is 24.2 Å². The minimum Gasteiger partial charge on any atom is -0.497 e. The number of rotatable bonds is 14. The molecule has 4 fully saturated rings. The first-order valence-electron chi connectivity index (χ1n) is 21.4. The van der Waals surface area contributed by atoms with E-state index in [2.05, 4.69) is 26.8 Å². The van der Waals surface area contributed by atoms with E-state index in [1.165, 1.54) is 4.90 Å². The Labute approximate surface area is 368 Å². The highest BCUT2D eigenvalue weighted by Gasteiger charge is 2.63. The number of pyridine rings is 1. The zero-order valence-electron chi connectivity index (χ0n) is 36.0. The van der Waals surface area contributed by atoms with Crippen molar-refractivity contribution in [2.45, 2.75) is 76.6 Å². The van der Waals surface area contributed by atoms with E-state index < -0.39 is 69.6 Å². The SMILES string of the molecule is C=C[C@@H]1C[C@]1(NC(=O)[C@@H]1C[C@@H](Oc2cc(-c3ccccc3)nc3cc(OC)ccc23)CN1C(=O)[C@@H](CC(=O)N1CCN(c2cnccn2)CC1)C(C)(C)C)C(=O)N(C1CC1)[SH](=O)=O. The van der Waals surface area contributed by atoms with Crippen LogP contribution in [0.1, 0.15) is 52.9 Å². The molecule has 63 heavy (non-hydrogen) atoms. The summed E-state index contributed by atoms with van der Waals surface area (Å²) in [5.41, 5.74) is -0.0994. The summed E-state index contributed by atoms with van der Waals surface area (Å²) in [6.45, 7) is 11.6. The molecule has 2 aliphatic carbocycles. The smallest absolute Gasteiger partial charge is 0.262 e. The second-order valence-corrected chi connectivity index (χ2v) is 18.8. The molecule has 16 nitrogen and oxygen atoms in total. The van der Waals surface area contributed by atoms with Gasteiger partial charge in [0, 0.05) is 86.5 Å². The molecule has 2 saturated carbocycles. The molecule has 4 aromatic rings. The van der Waals surface area contributed by atoms with Crippen LogP contribution in [0.3, 0.4) is 0 Å². The zero-order chi connectivity index (χ0) is 44.6. The molecule has 0 bridgehead atoms. The van der Waals surface area contributed by atoms with Crippen molar-refractivity contribution in [2.75, 3.05) is 44.7 Å². The normalized spacial score (nSPS) is 22.7. The number of amides is 4. The number of likely N-dealkylation sites (tertiary alicyclic amines) is 1. The fourth-order valence-electron chi connectivity index (χ4n) is 8.83. The van der Waals surface area contributed by atoms with Crippen LogP contribution in [0, 0.1) is 17.3 Å². The van der Waals surface area contributed by atoms with Crippen LogP contribution in [0.2, 0.25) is 0 Å². The van der Waals surface area contributed by atoms with Gasteiger partial charge >= 0.3 is 0 Å². The molecule has 5 atom stereocenters. The average Bonchev–Trinajstić information content (AvgIpc) is 4.21. The molecule has 0 spiro atoms. The standard InChI is InChI=1S/C46H54N8O8S/c1-6-30-26-46(30,44(58)54(63(59)60)31-12-13-31)50-42(56)38-23-33(62-39-25-36(29-10-8-7-9-11-29)49-37-22-32(61-5)14-15-34(37)39)28-53(38)43(57)35(45(2,3)4)24-41(55)52-20-18-51(19-21-52)40-27-47-16-17-48-40/h6-11,14-17,22,25,27,30-31,33,35,38,63H,1,12-13,18-21,23-24,26,28H2,2-5H3,(H,50,56)/t30-,33-,35-,38+,46-/m1/s1. The molecule has 2 aromatic carbocycles. The van der Waals surface area contributed by atoms with Crippen LogP contribution in [0.25, 0.3) is 22.2 Å². The third-order valence-corrected chi connectivity index (χ3v) is 13.6. The summed E-state index contributed by atoms with van der Waals surface area (Å²) < 4.78 is 37.9. The lowest BCUT2D eigenvalue weighted by molar-refractivity contribution is -0.148. The summed E-state index contributed by atoms with van der Waals surface area (Å²) >= 11 is 0. The molecule has 0 unspecified atom stereocenters. The molecule has 17 heteroatoms. The van der Waals surface area contributed by atoms with Crippen molar-refractivity contribution in [3.8, 4) is 22.8 Å². The van der Waals surface area contributed by atoms with Gasteiger partial charge in [-0.2, -0.15) is 0 Å². The van der Waals surface area contributed by atoms with Crippen LogP contribution in [0.4, 0.5) is 5.82 Å². The van der Waals surface area contributed by atoms with Crippen LogP contribution in [0.15, 0.2) is 85.8 Å². The molecule has 1 N–H and O–H groups in total. The second-order valence-electron chi connectivity index (χ2n) is 17.9. The fraction of sp³-hybridized carbons (Fsp3) is 0.457. The summed E-state index contributed by atoms with van der Waals surface area (Å²) in [6, 6.07) is 15.4. The Kier molecular flexibility index (Phi) is 12.2. The van der Waals surface area contributed by atoms with Gasteiger partial charge < -0.3 is 29.5 Å². The predicted octanol–water partition coefficient (Wildman–Crippen LogP) is 4.03. The van der Waals surface area contributed by atoms with Crippen molar-refractivity contribution in [1.82, 2.24) is 34.4 Å². The number of aromatic nitrogens is 3. The molecule has 332 valence electrons. The van der Waals surface area contributed by atoms with Crippen LogP contribution in [-0.2, 0) is 30.1 Å². The first-order chi connectivity index (χ1) is 30.2. The van der Waals surface area contributed by atoms with E-state index in [0.29, 0.717) is 67.1 Å². The minimum absolute atomic E-state index is 0.00156.